The van der Waals surface area contributed by atoms with E-state index in [1.165, 1.54) is 5.56 Å². The molecule has 0 bridgehead atoms. The van der Waals surface area contributed by atoms with Crippen molar-refractivity contribution in [2.75, 3.05) is 0 Å². The Kier molecular flexibility index (Phi) is 6.43. The fourth-order valence-electron chi connectivity index (χ4n) is 6.47. The summed E-state index contributed by atoms with van der Waals surface area (Å²) in [5, 5.41) is 4.24. The molecule has 9 aromatic rings. The highest BCUT2D eigenvalue weighted by Crippen LogP contribution is 2.41. The number of furan rings is 1. The SMILES string of the molecule is c1ccc(-c2ccc(-c3nc(-c4cccc5ccccc45)nc(-c4ccc(-c5ccccc5)c5oc6ccccc6c45)n3)cc2)cc1. The molecular formula is C43H27N3O. The number of rotatable bonds is 5. The van der Waals surface area contributed by atoms with Crippen LogP contribution in [0.3, 0.4) is 0 Å². The number of para-hydroxylation sites is 1. The van der Waals surface area contributed by atoms with E-state index in [2.05, 4.69) is 133 Å². The van der Waals surface area contributed by atoms with Crippen LogP contribution in [0.1, 0.15) is 0 Å². The number of hydrogen-bond donors (Lipinski definition) is 0. The van der Waals surface area contributed by atoms with Gasteiger partial charge >= 0.3 is 0 Å². The Morgan fingerprint density at radius 1 is 0.340 bits per heavy atom. The van der Waals surface area contributed by atoms with E-state index in [9.17, 15) is 0 Å². The number of fused-ring (bicyclic) bond motifs is 4. The van der Waals surface area contributed by atoms with Crippen molar-refractivity contribution in [3.63, 3.8) is 0 Å². The first-order valence-electron chi connectivity index (χ1n) is 15.7. The minimum Gasteiger partial charge on any atom is -0.455 e. The molecule has 7 aromatic carbocycles. The number of hydrogen-bond acceptors (Lipinski definition) is 4. The average molecular weight is 602 g/mol. The summed E-state index contributed by atoms with van der Waals surface area (Å²) in [5.41, 5.74) is 8.85. The van der Waals surface area contributed by atoms with Gasteiger partial charge in [-0.3, -0.25) is 0 Å². The van der Waals surface area contributed by atoms with Gasteiger partial charge in [-0.05, 0) is 45.7 Å². The maximum Gasteiger partial charge on any atom is 0.164 e. The third-order valence-electron chi connectivity index (χ3n) is 8.77. The van der Waals surface area contributed by atoms with Gasteiger partial charge in [0.15, 0.2) is 17.5 Å². The Hall–Kier alpha value is -6.39. The predicted octanol–water partition coefficient (Wildman–Crippen LogP) is 11.3. The lowest BCUT2D eigenvalue weighted by Gasteiger charge is -2.12. The van der Waals surface area contributed by atoms with Crippen molar-refractivity contribution in [1.29, 1.82) is 0 Å². The third kappa shape index (κ3) is 4.75. The summed E-state index contributed by atoms with van der Waals surface area (Å²) in [6, 6.07) is 56.2. The van der Waals surface area contributed by atoms with Crippen molar-refractivity contribution in [3.05, 3.63) is 164 Å². The summed E-state index contributed by atoms with van der Waals surface area (Å²) < 4.78 is 6.57. The zero-order valence-electron chi connectivity index (χ0n) is 25.3. The molecular weight excluding hydrogens is 574 g/mol. The van der Waals surface area contributed by atoms with Crippen molar-refractivity contribution in [2.45, 2.75) is 0 Å². The molecule has 0 aliphatic heterocycles. The normalized spacial score (nSPS) is 11.4. The Bertz CT molecular complexity index is 2550. The second kappa shape index (κ2) is 11.2. The Morgan fingerprint density at radius 2 is 0.894 bits per heavy atom. The summed E-state index contributed by atoms with van der Waals surface area (Å²) in [5.74, 6) is 1.84. The molecule has 0 radical (unpaired) electrons. The molecule has 0 atom stereocenters. The Morgan fingerprint density at radius 3 is 1.68 bits per heavy atom. The van der Waals surface area contributed by atoms with Gasteiger partial charge in [-0.15, -0.1) is 0 Å². The molecule has 0 N–H and O–H groups in total. The van der Waals surface area contributed by atoms with Crippen LogP contribution in [0.25, 0.3) is 89.1 Å². The average Bonchev–Trinajstić information content (AvgIpc) is 3.55. The number of nitrogens with zero attached hydrogens (tertiary/aromatic N) is 3. The zero-order chi connectivity index (χ0) is 31.2. The van der Waals surface area contributed by atoms with E-state index in [1.807, 2.05) is 30.3 Å². The van der Waals surface area contributed by atoms with Crippen molar-refractivity contribution in [3.8, 4) is 56.4 Å². The molecule has 0 fully saturated rings. The maximum atomic E-state index is 6.57. The van der Waals surface area contributed by atoms with E-state index >= 15 is 0 Å². The van der Waals surface area contributed by atoms with Gasteiger partial charge in [0.2, 0.25) is 0 Å². The van der Waals surface area contributed by atoms with Crippen LogP contribution < -0.4 is 0 Å². The van der Waals surface area contributed by atoms with Crippen molar-refractivity contribution >= 4 is 32.7 Å². The zero-order valence-corrected chi connectivity index (χ0v) is 25.3. The summed E-state index contributed by atoms with van der Waals surface area (Å²) >= 11 is 0. The van der Waals surface area contributed by atoms with Gasteiger partial charge in [0.25, 0.3) is 0 Å². The quantitative estimate of drug-likeness (QED) is 0.197. The number of aromatic nitrogens is 3. The second-order valence-corrected chi connectivity index (χ2v) is 11.6. The van der Waals surface area contributed by atoms with Crippen molar-refractivity contribution in [2.24, 2.45) is 0 Å². The lowest BCUT2D eigenvalue weighted by Crippen LogP contribution is -2.01. The van der Waals surface area contributed by atoms with Crippen LogP contribution >= 0.6 is 0 Å². The van der Waals surface area contributed by atoms with E-state index in [1.54, 1.807) is 0 Å². The van der Waals surface area contributed by atoms with Crippen molar-refractivity contribution < 1.29 is 4.42 Å². The highest BCUT2D eigenvalue weighted by atomic mass is 16.3. The third-order valence-corrected chi connectivity index (χ3v) is 8.77. The second-order valence-electron chi connectivity index (χ2n) is 11.6. The first kappa shape index (κ1) is 27.0. The van der Waals surface area contributed by atoms with Gasteiger partial charge in [0.1, 0.15) is 11.2 Å². The molecule has 220 valence electrons. The molecule has 0 spiro atoms. The van der Waals surface area contributed by atoms with Crippen LogP contribution in [0.15, 0.2) is 168 Å². The first-order valence-corrected chi connectivity index (χ1v) is 15.7. The van der Waals surface area contributed by atoms with E-state index in [0.29, 0.717) is 17.5 Å². The molecule has 0 aliphatic rings. The Labute approximate surface area is 271 Å². The molecule has 0 saturated heterocycles. The Balaban J connectivity index is 1.30. The maximum absolute atomic E-state index is 6.57. The van der Waals surface area contributed by atoms with Gasteiger partial charge in [0, 0.05) is 33.0 Å². The number of benzene rings is 7. The van der Waals surface area contributed by atoms with Gasteiger partial charge < -0.3 is 4.42 Å². The van der Waals surface area contributed by atoms with Gasteiger partial charge in [-0.25, -0.2) is 15.0 Å². The van der Waals surface area contributed by atoms with Gasteiger partial charge in [-0.1, -0.05) is 146 Å². The highest BCUT2D eigenvalue weighted by Gasteiger charge is 2.21. The smallest absolute Gasteiger partial charge is 0.164 e. The lowest BCUT2D eigenvalue weighted by molar-refractivity contribution is 0.670. The molecule has 9 rings (SSSR count). The molecule has 4 heteroatoms. The van der Waals surface area contributed by atoms with Crippen LogP contribution in [-0.4, -0.2) is 15.0 Å². The summed E-state index contributed by atoms with van der Waals surface area (Å²) in [6.45, 7) is 0. The van der Waals surface area contributed by atoms with E-state index in [-0.39, 0.29) is 0 Å². The van der Waals surface area contributed by atoms with Crippen LogP contribution in [0.4, 0.5) is 0 Å². The fraction of sp³-hybridized carbons (Fsp3) is 0. The standard InChI is InChI=1S/C43H27N3O/c1-3-12-28(13-4-1)29-22-24-32(25-23-29)41-44-42(35-20-11-17-30-16-7-8-18-33(30)35)46-43(45-41)37-27-26-34(31-14-5-2-6-15-31)40-39(37)36-19-9-10-21-38(36)47-40/h1-27H. The van der Waals surface area contributed by atoms with Crippen molar-refractivity contribution in [1.82, 2.24) is 15.0 Å². The summed E-state index contributed by atoms with van der Waals surface area (Å²) in [7, 11) is 0. The van der Waals surface area contributed by atoms with Crippen LogP contribution in [0, 0.1) is 0 Å². The predicted molar refractivity (Wildman–Crippen MR) is 192 cm³/mol. The fourth-order valence-corrected chi connectivity index (χ4v) is 6.47. The van der Waals surface area contributed by atoms with Gasteiger partial charge in [-0.2, -0.15) is 0 Å². The van der Waals surface area contributed by atoms with E-state index < -0.39 is 0 Å². The van der Waals surface area contributed by atoms with Crippen LogP contribution in [0.2, 0.25) is 0 Å². The van der Waals surface area contributed by atoms with E-state index in [4.69, 9.17) is 19.4 Å². The molecule has 0 saturated carbocycles. The van der Waals surface area contributed by atoms with Crippen LogP contribution in [0.5, 0.6) is 0 Å². The minimum absolute atomic E-state index is 0.598. The molecule has 0 amide bonds. The van der Waals surface area contributed by atoms with Crippen LogP contribution in [-0.2, 0) is 0 Å². The monoisotopic (exact) mass is 601 g/mol. The highest BCUT2D eigenvalue weighted by molar-refractivity contribution is 6.15. The van der Waals surface area contributed by atoms with Gasteiger partial charge in [0.05, 0.1) is 0 Å². The first-order chi connectivity index (χ1) is 23.3. The summed E-state index contributed by atoms with van der Waals surface area (Å²) in [4.78, 5) is 15.4. The molecule has 0 aliphatic carbocycles. The largest absolute Gasteiger partial charge is 0.455 e. The molecule has 4 nitrogen and oxygen atoms in total. The molecule has 0 unspecified atom stereocenters. The topological polar surface area (TPSA) is 51.8 Å². The molecule has 47 heavy (non-hydrogen) atoms. The van der Waals surface area contributed by atoms with E-state index in [0.717, 1.165) is 66.1 Å². The molecule has 2 aromatic heterocycles. The minimum atomic E-state index is 0.598. The molecule has 2 heterocycles. The summed E-state index contributed by atoms with van der Waals surface area (Å²) in [6.07, 6.45) is 0. The lowest BCUT2D eigenvalue weighted by atomic mass is 9.98.